The van der Waals surface area contributed by atoms with Crippen molar-refractivity contribution in [3.8, 4) is 0 Å². The van der Waals surface area contributed by atoms with Gasteiger partial charge in [-0.1, -0.05) is 13.8 Å². The van der Waals surface area contributed by atoms with Crippen molar-refractivity contribution in [3.63, 3.8) is 0 Å². The van der Waals surface area contributed by atoms with Gasteiger partial charge in [-0.3, -0.25) is 4.79 Å². The van der Waals surface area contributed by atoms with E-state index in [1.54, 1.807) is 0 Å². The number of amides is 1. The molecule has 1 heterocycles. The molecule has 1 fully saturated rings. The number of ether oxygens (including phenoxy) is 1. The number of hydrogen-bond acceptors (Lipinski definition) is 3. The van der Waals surface area contributed by atoms with Crippen LogP contribution in [0.15, 0.2) is 0 Å². The fourth-order valence-corrected chi connectivity index (χ4v) is 1.59. The van der Waals surface area contributed by atoms with Gasteiger partial charge in [0.25, 0.3) is 0 Å². The second-order valence-electron chi connectivity index (χ2n) is 4.44. The highest BCUT2D eigenvalue weighted by Gasteiger charge is 2.18. The predicted molar refractivity (Wildman–Crippen MR) is 59.4 cm³/mol. The summed E-state index contributed by atoms with van der Waals surface area (Å²) in [4.78, 5) is 13.6. The Balaban J connectivity index is 2.22. The van der Waals surface area contributed by atoms with Crippen LogP contribution in [0.5, 0.6) is 0 Å². The normalized spacial score (nSPS) is 19.3. The third kappa shape index (κ3) is 4.18. The van der Waals surface area contributed by atoms with Crippen LogP contribution in [0, 0.1) is 5.92 Å². The van der Waals surface area contributed by atoms with Crippen molar-refractivity contribution in [1.29, 1.82) is 0 Å². The first kappa shape index (κ1) is 12.5. The molecule has 1 amide bonds. The number of morpholine rings is 1. The van der Waals surface area contributed by atoms with Crippen LogP contribution in [0.3, 0.4) is 0 Å². The molecule has 88 valence electrons. The van der Waals surface area contributed by atoms with Crippen LogP contribution < -0.4 is 5.73 Å². The van der Waals surface area contributed by atoms with Gasteiger partial charge in [0.15, 0.2) is 0 Å². The van der Waals surface area contributed by atoms with Gasteiger partial charge in [-0.2, -0.15) is 0 Å². The minimum absolute atomic E-state index is 0.134. The van der Waals surface area contributed by atoms with Gasteiger partial charge in [0.05, 0.1) is 13.2 Å². The van der Waals surface area contributed by atoms with Gasteiger partial charge in [0, 0.05) is 25.6 Å². The largest absolute Gasteiger partial charge is 0.378 e. The maximum absolute atomic E-state index is 11.7. The van der Waals surface area contributed by atoms with E-state index in [0.717, 1.165) is 19.5 Å². The Morgan fingerprint density at radius 2 is 2.00 bits per heavy atom. The predicted octanol–water partition coefficient (Wildman–Crippen LogP) is 0.609. The Morgan fingerprint density at radius 3 is 2.53 bits per heavy atom. The number of carbonyl (C=O) groups excluding carboxylic acids is 1. The van der Waals surface area contributed by atoms with Crippen molar-refractivity contribution in [1.82, 2.24) is 4.90 Å². The molecule has 0 aromatic rings. The van der Waals surface area contributed by atoms with E-state index in [2.05, 4.69) is 13.8 Å². The fraction of sp³-hybridized carbons (Fsp3) is 0.909. The van der Waals surface area contributed by atoms with Crippen LogP contribution in [0.25, 0.3) is 0 Å². The molecule has 0 bridgehead atoms. The zero-order chi connectivity index (χ0) is 11.3. The van der Waals surface area contributed by atoms with Crippen molar-refractivity contribution in [2.24, 2.45) is 11.7 Å². The number of nitrogens with two attached hydrogens (primary N) is 1. The quantitative estimate of drug-likeness (QED) is 0.746. The lowest BCUT2D eigenvalue weighted by Gasteiger charge is -2.27. The van der Waals surface area contributed by atoms with E-state index < -0.39 is 0 Å². The van der Waals surface area contributed by atoms with Crippen LogP contribution in [0.1, 0.15) is 26.7 Å². The molecule has 1 aliphatic rings. The minimum Gasteiger partial charge on any atom is -0.378 e. The second kappa shape index (κ2) is 6.08. The van der Waals surface area contributed by atoms with E-state index in [1.165, 1.54) is 0 Å². The summed E-state index contributed by atoms with van der Waals surface area (Å²) in [5, 5.41) is 0. The van der Waals surface area contributed by atoms with Crippen molar-refractivity contribution in [3.05, 3.63) is 0 Å². The van der Waals surface area contributed by atoms with Gasteiger partial charge in [0.1, 0.15) is 0 Å². The van der Waals surface area contributed by atoms with Gasteiger partial charge >= 0.3 is 0 Å². The molecule has 1 rings (SSSR count). The zero-order valence-corrected chi connectivity index (χ0v) is 9.74. The molecule has 0 spiro atoms. The van der Waals surface area contributed by atoms with Crippen molar-refractivity contribution < 1.29 is 9.53 Å². The smallest absolute Gasteiger partial charge is 0.222 e. The maximum atomic E-state index is 11.7. The molecular formula is C11H22N2O2. The molecule has 0 aromatic heterocycles. The molecule has 0 aliphatic carbocycles. The van der Waals surface area contributed by atoms with E-state index in [4.69, 9.17) is 10.5 Å². The third-order valence-electron chi connectivity index (χ3n) is 2.91. The molecule has 4 nitrogen and oxygen atoms in total. The Bertz CT molecular complexity index is 201. The highest BCUT2D eigenvalue weighted by atomic mass is 16.5. The molecule has 0 aromatic carbocycles. The van der Waals surface area contributed by atoms with Crippen molar-refractivity contribution >= 4 is 5.91 Å². The summed E-state index contributed by atoms with van der Waals surface area (Å²) in [6, 6.07) is 0.134. The Morgan fingerprint density at radius 1 is 1.40 bits per heavy atom. The third-order valence-corrected chi connectivity index (χ3v) is 2.91. The Kier molecular flexibility index (Phi) is 5.05. The van der Waals surface area contributed by atoms with E-state index in [1.807, 2.05) is 4.90 Å². The molecular weight excluding hydrogens is 192 g/mol. The first-order valence-corrected chi connectivity index (χ1v) is 5.72. The van der Waals surface area contributed by atoms with Crippen LogP contribution in [-0.2, 0) is 9.53 Å². The van der Waals surface area contributed by atoms with Crippen LogP contribution in [-0.4, -0.2) is 43.2 Å². The lowest BCUT2D eigenvalue weighted by Crippen LogP contribution is -2.41. The monoisotopic (exact) mass is 214 g/mol. The van der Waals surface area contributed by atoms with Gasteiger partial charge in [-0.05, 0) is 12.3 Å². The Hall–Kier alpha value is -0.610. The highest BCUT2D eigenvalue weighted by molar-refractivity contribution is 5.76. The summed E-state index contributed by atoms with van der Waals surface area (Å²) >= 11 is 0. The average Bonchev–Trinajstić information content (AvgIpc) is 2.26. The topological polar surface area (TPSA) is 55.6 Å². The summed E-state index contributed by atoms with van der Waals surface area (Å²) in [6.45, 7) is 6.98. The van der Waals surface area contributed by atoms with Crippen molar-refractivity contribution in [2.75, 3.05) is 26.3 Å². The van der Waals surface area contributed by atoms with E-state index in [9.17, 15) is 4.79 Å². The summed E-state index contributed by atoms with van der Waals surface area (Å²) in [5.74, 6) is 0.664. The molecule has 1 atom stereocenters. The minimum atomic E-state index is 0.134. The number of hydrogen-bond donors (Lipinski definition) is 1. The van der Waals surface area contributed by atoms with Crippen LogP contribution in [0.2, 0.25) is 0 Å². The molecule has 2 N–H and O–H groups in total. The molecule has 1 aliphatic heterocycles. The summed E-state index contributed by atoms with van der Waals surface area (Å²) in [5.41, 5.74) is 5.90. The van der Waals surface area contributed by atoms with Gasteiger partial charge < -0.3 is 15.4 Å². The first-order chi connectivity index (χ1) is 7.11. The van der Waals surface area contributed by atoms with Gasteiger partial charge in [0.2, 0.25) is 5.91 Å². The molecule has 0 radical (unpaired) electrons. The lowest BCUT2D eigenvalue weighted by atomic mass is 10.00. The summed E-state index contributed by atoms with van der Waals surface area (Å²) < 4.78 is 5.20. The molecule has 0 saturated carbocycles. The molecule has 0 unspecified atom stereocenters. The lowest BCUT2D eigenvalue weighted by molar-refractivity contribution is -0.135. The average molecular weight is 214 g/mol. The highest BCUT2D eigenvalue weighted by Crippen LogP contribution is 2.08. The molecule has 4 heteroatoms. The van der Waals surface area contributed by atoms with E-state index >= 15 is 0 Å². The van der Waals surface area contributed by atoms with E-state index in [0.29, 0.717) is 25.6 Å². The van der Waals surface area contributed by atoms with Crippen LogP contribution in [0.4, 0.5) is 0 Å². The number of rotatable bonds is 4. The standard InChI is InChI=1S/C11H22N2O2/c1-9(2)10(12)3-4-11(14)13-5-7-15-8-6-13/h9-10H,3-8,12H2,1-2H3/t10-/m1/s1. The number of carbonyl (C=O) groups is 1. The second-order valence-corrected chi connectivity index (χ2v) is 4.44. The molecule has 15 heavy (non-hydrogen) atoms. The van der Waals surface area contributed by atoms with Crippen molar-refractivity contribution in [2.45, 2.75) is 32.7 Å². The summed E-state index contributed by atoms with van der Waals surface area (Å²) in [6.07, 6.45) is 1.35. The van der Waals surface area contributed by atoms with E-state index in [-0.39, 0.29) is 11.9 Å². The SMILES string of the molecule is CC(C)[C@H](N)CCC(=O)N1CCOCC1. The fourth-order valence-electron chi connectivity index (χ4n) is 1.59. The van der Waals surface area contributed by atoms with Gasteiger partial charge in [-0.15, -0.1) is 0 Å². The zero-order valence-electron chi connectivity index (χ0n) is 9.74. The van der Waals surface area contributed by atoms with Crippen LogP contribution >= 0.6 is 0 Å². The summed E-state index contributed by atoms with van der Waals surface area (Å²) in [7, 11) is 0. The van der Waals surface area contributed by atoms with Gasteiger partial charge in [-0.25, -0.2) is 0 Å². The Labute approximate surface area is 91.8 Å². The maximum Gasteiger partial charge on any atom is 0.222 e. The molecule has 1 saturated heterocycles. The number of nitrogens with zero attached hydrogens (tertiary/aromatic N) is 1. The first-order valence-electron chi connectivity index (χ1n) is 5.72.